The molecule has 1 aromatic heterocycles. The van der Waals surface area contributed by atoms with E-state index in [4.69, 9.17) is 16.1 Å². The zero-order valence-electron chi connectivity index (χ0n) is 14.2. The van der Waals surface area contributed by atoms with Crippen LogP contribution in [0.15, 0.2) is 22.7 Å². The molecule has 1 fully saturated rings. The van der Waals surface area contributed by atoms with E-state index in [1.54, 1.807) is 6.07 Å². The zero-order chi connectivity index (χ0) is 17.3. The molecule has 1 N–H and O–H groups in total. The summed E-state index contributed by atoms with van der Waals surface area (Å²) in [7, 11) is 0. The molecule has 2 aromatic rings. The molecule has 1 aromatic carbocycles. The summed E-state index contributed by atoms with van der Waals surface area (Å²) in [4.78, 5) is 14.7. The summed E-state index contributed by atoms with van der Waals surface area (Å²) in [5.74, 6) is 0.871. The van der Waals surface area contributed by atoms with Crippen molar-refractivity contribution in [2.24, 2.45) is 0 Å². The van der Waals surface area contributed by atoms with Crippen LogP contribution in [0.25, 0.3) is 0 Å². The molecule has 0 saturated carbocycles. The van der Waals surface area contributed by atoms with Crippen molar-refractivity contribution in [2.75, 3.05) is 11.9 Å². The quantitative estimate of drug-likeness (QED) is 0.861. The summed E-state index contributed by atoms with van der Waals surface area (Å²) in [6, 6.07) is 5.41. The molecule has 1 aliphatic rings. The second-order valence-corrected chi connectivity index (χ2v) is 6.64. The third-order valence-corrected chi connectivity index (χ3v) is 4.83. The first kappa shape index (κ1) is 16.8. The first-order valence-electron chi connectivity index (χ1n) is 8.30. The van der Waals surface area contributed by atoms with Crippen LogP contribution in [-0.4, -0.2) is 22.6 Å². The van der Waals surface area contributed by atoms with Crippen LogP contribution in [0, 0.1) is 13.8 Å². The first-order valence-corrected chi connectivity index (χ1v) is 8.68. The van der Waals surface area contributed by atoms with E-state index < -0.39 is 0 Å². The van der Waals surface area contributed by atoms with Crippen LogP contribution in [0.4, 0.5) is 10.5 Å². The molecular formula is C18H22ClN3O2. The molecule has 0 bridgehead atoms. The number of urea groups is 1. The van der Waals surface area contributed by atoms with Gasteiger partial charge in [-0.1, -0.05) is 29.7 Å². The van der Waals surface area contributed by atoms with E-state index in [2.05, 4.69) is 10.5 Å². The maximum atomic E-state index is 12.8. The predicted molar refractivity (Wildman–Crippen MR) is 94.5 cm³/mol. The Bertz CT molecular complexity index is 757. The van der Waals surface area contributed by atoms with Crippen molar-refractivity contribution in [1.82, 2.24) is 10.1 Å². The highest BCUT2D eigenvalue weighted by molar-refractivity contribution is 6.31. The Morgan fingerprint density at radius 3 is 3.00 bits per heavy atom. The number of benzene rings is 1. The molecule has 1 saturated heterocycles. The lowest BCUT2D eigenvalue weighted by atomic mass is 10.0. The van der Waals surface area contributed by atoms with Gasteiger partial charge in [0.2, 0.25) is 0 Å². The molecule has 6 heteroatoms. The van der Waals surface area contributed by atoms with Gasteiger partial charge in [0.1, 0.15) is 5.76 Å². The smallest absolute Gasteiger partial charge is 0.322 e. The van der Waals surface area contributed by atoms with Gasteiger partial charge in [-0.3, -0.25) is 0 Å². The molecule has 2 amide bonds. The van der Waals surface area contributed by atoms with E-state index in [0.29, 0.717) is 5.02 Å². The first-order chi connectivity index (χ1) is 11.5. The Hall–Kier alpha value is -2.01. The lowest BCUT2D eigenvalue weighted by molar-refractivity contribution is 0.206. The van der Waals surface area contributed by atoms with E-state index in [9.17, 15) is 4.79 Å². The molecule has 3 rings (SSSR count). The summed E-state index contributed by atoms with van der Waals surface area (Å²) in [6.07, 6.45) is 2.67. The van der Waals surface area contributed by atoms with Crippen LogP contribution < -0.4 is 5.32 Å². The van der Waals surface area contributed by atoms with Crippen molar-refractivity contribution in [3.05, 3.63) is 45.8 Å². The minimum Gasteiger partial charge on any atom is -0.361 e. The van der Waals surface area contributed by atoms with Gasteiger partial charge in [-0.05, 0) is 44.4 Å². The summed E-state index contributed by atoms with van der Waals surface area (Å²) in [6.45, 7) is 6.66. The number of rotatable bonds is 3. The fourth-order valence-electron chi connectivity index (χ4n) is 3.33. The van der Waals surface area contributed by atoms with Crippen LogP contribution in [0.3, 0.4) is 0 Å². The lowest BCUT2D eigenvalue weighted by Crippen LogP contribution is -2.35. The lowest BCUT2D eigenvalue weighted by Gasteiger charge is -2.25. The number of carbonyl (C=O) groups is 1. The number of aromatic nitrogens is 1. The van der Waals surface area contributed by atoms with Crippen molar-refractivity contribution in [3.63, 3.8) is 0 Å². The predicted octanol–water partition coefficient (Wildman–Crippen LogP) is 4.88. The molecule has 1 atom stereocenters. The number of likely N-dealkylation sites (tertiary alicyclic amines) is 1. The van der Waals surface area contributed by atoms with Crippen molar-refractivity contribution >= 4 is 23.3 Å². The van der Waals surface area contributed by atoms with Crippen molar-refractivity contribution in [1.29, 1.82) is 0 Å². The van der Waals surface area contributed by atoms with Gasteiger partial charge in [0.15, 0.2) is 0 Å². The van der Waals surface area contributed by atoms with Gasteiger partial charge < -0.3 is 14.7 Å². The topological polar surface area (TPSA) is 58.4 Å². The van der Waals surface area contributed by atoms with E-state index in [1.807, 2.05) is 37.8 Å². The standard InChI is InChI=1S/C18H22ClN3O2/c1-4-16-17(12(3)21-24-16)15-6-5-9-22(15)18(23)20-14-10-13(19)8-7-11(14)2/h7-8,10,15H,4-6,9H2,1-3H3,(H,20,23)/t15-/m0/s1. The van der Waals surface area contributed by atoms with Crippen LogP contribution in [0.1, 0.15) is 48.4 Å². The van der Waals surface area contributed by atoms with Gasteiger partial charge in [-0.25, -0.2) is 4.79 Å². The van der Waals surface area contributed by atoms with Gasteiger partial charge >= 0.3 is 6.03 Å². The fraction of sp³-hybridized carbons (Fsp3) is 0.444. The Kier molecular flexibility index (Phi) is 4.81. The number of aryl methyl sites for hydroxylation is 3. The summed E-state index contributed by atoms with van der Waals surface area (Å²) in [5.41, 5.74) is 3.67. The second-order valence-electron chi connectivity index (χ2n) is 6.20. The Morgan fingerprint density at radius 1 is 1.46 bits per heavy atom. The molecule has 0 unspecified atom stereocenters. The monoisotopic (exact) mass is 347 g/mol. The van der Waals surface area contributed by atoms with E-state index in [0.717, 1.165) is 54.1 Å². The number of nitrogens with one attached hydrogen (secondary N) is 1. The van der Waals surface area contributed by atoms with Crippen molar-refractivity contribution < 1.29 is 9.32 Å². The number of carbonyl (C=O) groups excluding carboxylic acids is 1. The van der Waals surface area contributed by atoms with E-state index in [1.165, 1.54) is 0 Å². The largest absolute Gasteiger partial charge is 0.361 e. The molecule has 24 heavy (non-hydrogen) atoms. The maximum Gasteiger partial charge on any atom is 0.322 e. The molecule has 1 aliphatic heterocycles. The summed E-state index contributed by atoms with van der Waals surface area (Å²) >= 11 is 6.04. The van der Waals surface area contributed by atoms with E-state index in [-0.39, 0.29) is 12.1 Å². The number of hydrogen-bond acceptors (Lipinski definition) is 3. The van der Waals surface area contributed by atoms with Crippen molar-refractivity contribution in [2.45, 2.75) is 46.1 Å². The normalized spacial score (nSPS) is 17.3. The fourth-order valence-corrected chi connectivity index (χ4v) is 3.50. The number of nitrogens with zero attached hydrogens (tertiary/aromatic N) is 2. The van der Waals surface area contributed by atoms with Gasteiger partial charge in [0.05, 0.1) is 11.7 Å². The molecule has 0 aliphatic carbocycles. The van der Waals surface area contributed by atoms with Crippen LogP contribution in [-0.2, 0) is 6.42 Å². The highest BCUT2D eigenvalue weighted by Crippen LogP contribution is 2.36. The molecule has 0 radical (unpaired) electrons. The van der Waals surface area contributed by atoms with Crippen LogP contribution in [0.5, 0.6) is 0 Å². The van der Waals surface area contributed by atoms with E-state index >= 15 is 0 Å². The number of amides is 2. The highest BCUT2D eigenvalue weighted by Gasteiger charge is 2.34. The Labute approximate surface area is 147 Å². The van der Waals surface area contributed by atoms with Crippen LogP contribution >= 0.6 is 11.6 Å². The molecule has 0 spiro atoms. The summed E-state index contributed by atoms with van der Waals surface area (Å²) < 4.78 is 5.41. The second kappa shape index (κ2) is 6.85. The molecule has 128 valence electrons. The number of halogens is 1. The minimum atomic E-state index is -0.106. The number of anilines is 1. The molecule has 2 heterocycles. The van der Waals surface area contributed by atoms with Gasteiger partial charge in [0.25, 0.3) is 0 Å². The average molecular weight is 348 g/mol. The van der Waals surface area contributed by atoms with Gasteiger partial charge in [-0.2, -0.15) is 0 Å². The average Bonchev–Trinajstić information content (AvgIpc) is 3.16. The SMILES string of the molecule is CCc1onc(C)c1[C@@H]1CCCN1C(=O)Nc1cc(Cl)ccc1C. The molecule has 5 nitrogen and oxygen atoms in total. The Balaban J connectivity index is 1.84. The summed E-state index contributed by atoms with van der Waals surface area (Å²) in [5, 5.41) is 7.69. The Morgan fingerprint density at radius 2 is 2.25 bits per heavy atom. The third kappa shape index (κ3) is 3.13. The number of hydrogen-bond donors (Lipinski definition) is 1. The highest BCUT2D eigenvalue weighted by atomic mass is 35.5. The van der Waals surface area contributed by atoms with Crippen LogP contribution in [0.2, 0.25) is 5.02 Å². The molecular weight excluding hydrogens is 326 g/mol. The minimum absolute atomic E-state index is 0.0192. The zero-order valence-corrected chi connectivity index (χ0v) is 15.0. The van der Waals surface area contributed by atoms with Gasteiger partial charge in [0, 0.05) is 29.2 Å². The van der Waals surface area contributed by atoms with Crippen molar-refractivity contribution in [3.8, 4) is 0 Å². The third-order valence-electron chi connectivity index (χ3n) is 4.59. The van der Waals surface area contributed by atoms with Gasteiger partial charge in [-0.15, -0.1) is 0 Å². The maximum absolute atomic E-state index is 12.8.